The van der Waals surface area contributed by atoms with E-state index < -0.39 is 0 Å². The summed E-state index contributed by atoms with van der Waals surface area (Å²) >= 11 is 0. The summed E-state index contributed by atoms with van der Waals surface area (Å²) < 4.78 is 4.93. The molecule has 2 aliphatic rings. The van der Waals surface area contributed by atoms with Gasteiger partial charge in [-0.15, -0.1) is 0 Å². The molecule has 1 N–H and O–H groups in total. The number of hydrogen-bond donors (Lipinski definition) is 1. The fourth-order valence-corrected chi connectivity index (χ4v) is 3.06. The average Bonchev–Trinajstić information content (AvgIpc) is 2.97. The minimum absolute atomic E-state index is 0.109. The second-order valence-electron chi connectivity index (χ2n) is 6.51. The number of carbonyl (C=O) groups is 2. The van der Waals surface area contributed by atoms with Crippen molar-refractivity contribution in [3.8, 4) is 0 Å². The monoisotopic (exact) mass is 305 g/mol. The van der Waals surface area contributed by atoms with Gasteiger partial charge in [0.15, 0.2) is 5.82 Å². The highest BCUT2D eigenvalue weighted by Gasteiger charge is 2.32. The zero-order valence-electron chi connectivity index (χ0n) is 13.0. The van der Waals surface area contributed by atoms with Crippen LogP contribution in [0.4, 0.5) is 5.82 Å². The third-order valence-electron chi connectivity index (χ3n) is 4.42. The number of amides is 2. The van der Waals surface area contributed by atoms with Gasteiger partial charge >= 0.3 is 0 Å². The van der Waals surface area contributed by atoms with E-state index in [1.807, 2.05) is 0 Å². The van der Waals surface area contributed by atoms with E-state index >= 15 is 0 Å². The van der Waals surface area contributed by atoms with Crippen LogP contribution in [-0.2, 0) is 9.59 Å². The van der Waals surface area contributed by atoms with Crippen molar-refractivity contribution >= 4 is 17.6 Å². The largest absolute Gasteiger partial charge is 0.360 e. The molecule has 0 aromatic carbocycles. The molecule has 0 radical (unpaired) electrons. The Hall–Kier alpha value is -1.85. The van der Waals surface area contributed by atoms with Crippen LogP contribution in [0.2, 0.25) is 0 Å². The minimum atomic E-state index is -0.208. The number of carbonyl (C=O) groups excluding carboxylic acids is 2. The van der Waals surface area contributed by atoms with Gasteiger partial charge in [-0.05, 0) is 38.5 Å². The SMILES string of the molecule is Cc1cc(NC(=O)CN(CC2CC2)C(=O)C2CCCC2)no1. The molecule has 1 aromatic heterocycles. The van der Waals surface area contributed by atoms with Crippen LogP contribution in [0.15, 0.2) is 10.6 Å². The summed E-state index contributed by atoms with van der Waals surface area (Å²) in [5.41, 5.74) is 0. The Morgan fingerprint density at radius 1 is 1.32 bits per heavy atom. The lowest BCUT2D eigenvalue weighted by Crippen LogP contribution is -2.42. The first-order valence-electron chi connectivity index (χ1n) is 8.14. The van der Waals surface area contributed by atoms with Crippen molar-refractivity contribution in [3.63, 3.8) is 0 Å². The molecule has 2 amide bonds. The summed E-state index contributed by atoms with van der Waals surface area (Å²) in [6, 6.07) is 1.67. The average molecular weight is 305 g/mol. The van der Waals surface area contributed by atoms with Gasteiger partial charge in [0, 0.05) is 18.5 Å². The van der Waals surface area contributed by atoms with Crippen LogP contribution in [-0.4, -0.2) is 35.0 Å². The summed E-state index contributed by atoms with van der Waals surface area (Å²) in [6.45, 7) is 2.59. The van der Waals surface area contributed by atoms with Crippen LogP contribution in [0.25, 0.3) is 0 Å². The van der Waals surface area contributed by atoms with Crippen LogP contribution in [0.3, 0.4) is 0 Å². The first-order valence-corrected chi connectivity index (χ1v) is 8.14. The molecular formula is C16H23N3O3. The third kappa shape index (κ3) is 3.87. The van der Waals surface area contributed by atoms with E-state index in [-0.39, 0.29) is 24.3 Å². The van der Waals surface area contributed by atoms with E-state index in [1.54, 1.807) is 17.9 Å². The van der Waals surface area contributed by atoms with Crippen molar-refractivity contribution in [2.75, 3.05) is 18.4 Å². The van der Waals surface area contributed by atoms with Gasteiger partial charge in [-0.3, -0.25) is 9.59 Å². The smallest absolute Gasteiger partial charge is 0.245 e. The topological polar surface area (TPSA) is 75.4 Å². The van der Waals surface area contributed by atoms with E-state index in [9.17, 15) is 9.59 Å². The van der Waals surface area contributed by atoms with Gasteiger partial charge in [-0.25, -0.2) is 0 Å². The standard InChI is InChI=1S/C16H23N3O3/c1-11-8-14(18-22-11)17-15(20)10-19(9-12-6-7-12)16(21)13-4-2-3-5-13/h8,12-13H,2-7,9-10H2,1H3,(H,17,18,20). The van der Waals surface area contributed by atoms with E-state index in [0.717, 1.165) is 25.7 Å². The number of nitrogens with one attached hydrogen (secondary N) is 1. The van der Waals surface area contributed by atoms with Gasteiger partial charge in [-0.1, -0.05) is 18.0 Å². The molecule has 2 aliphatic carbocycles. The van der Waals surface area contributed by atoms with Gasteiger partial charge in [0.25, 0.3) is 0 Å². The summed E-state index contributed by atoms with van der Waals surface area (Å²) in [6.07, 6.45) is 6.50. The minimum Gasteiger partial charge on any atom is -0.360 e. The molecule has 0 unspecified atom stereocenters. The Morgan fingerprint density at radius 3 is 2.64 bits per heavy atom. The number of anilines is 1. The predicted octanol–water partition coefficient (Wildman–Crippen LogP) is 2.35. The molecule has 3 rings (SSSR count). The second kappa shape index (κ2) is 6.50. The molecule has 22 heavy (non-hydrogen) atoms. The quantitative estimate of drug-likeness (QED) is 0.875. The molecular weight excluding hydrogens is 282 g/mol. The van der Waals surface area contributed by atoms with Gasteiger partial charge in [-0.2, -0.15) is 0 Å². The van der Waals surface area contributed by atoms with Crippen molar-refractivity contribution in [3.05, 3.63) is 11.8 Å². The highest BCUT2D eigenvalue weighted by Crippen LogP contribution is 2.32. The van der Waals surface area contributed by atoms with E-state index in [1.165, 1.54) is 12.8 Å². The Balaban J connectivity index is 1.58. The van der Waals surface area contributed by atoms with Crippen molar-refractivity contribution in [1.82, 2.24) is 10.1 Å². The van der Waals surface area contributed by atoms with Crippen molar-refractivity contribution in [1.29, 1.82) is 0 Å². The Bertz CT molecular complexity index is 545. The maximum atomic E-state index is 12.6. The molecule has 2 fully saturated rings. The summed E-state index contributed by atoms with van der Waals surface area (Å²) in [4.78, 5) is 26.5. The Labute approximate surface area is 130 Å². The fourth-order valence-electron chi connectivity index (χ4n) is 3.06. The second-order valence-corrected chi connectivity index (χ2v) is 6.51. The van der Waals surface area contributed by atoms with Gasteiger partial charge in [0.1, 0.15) is 5.76 Å². The third-order valence-corrected chi connectivity index (χ3v) is 4.42. The summed E-state index contributed by atoms with van der Waals surface area (Å²) in [5.74, 6) is 1.68. The van der Waals surface area contributed by atoms with E-state index in [0.29, 0.717) is 24.0 Å². The van der Waals surface area contributed by atoms with Crippen LogP contribution < -0.4 is 5.32 Å². The molecule has 0 atom stereocenters. The van der Waals surface area contributed by atoms with Crippen LogP contribution in [0, 0.1) is 18.8 Å². The highest BCUT2D eigenvalue weighted by atomic mass is 16.5. The lowest BCUT2D eigenvalue weighted by Gasteiger charge is -2.25. The molecule has 120 valence electrons. The lowest BCUT2D eigenvalue weighted by atomic mass is 10.1. The van der Waals surface area contributed by atoms with Crippen LogP contribution in [0.5, 0.6) is 0 Å². The predicted molar refractivity (Wildman–Crippen MR) is 81.1 cm³/mol. The molecule has 0 aliphatic heterocycles. The fraction of sp³-hybridized carbons (Fsp3) is 0.688. The van der Waals surface area contributed by atoms with Gasteiger partial charge in [0.05, 0.1) is 6.54 Å². The molecule has 2 saturated carbocycles. The molecule has 6 heteroatoms. The highest BCUT2D eigenvalue weighted by molar-refractivity contribution is 5.94. The molecule has 1 heterocycles. The van der Waals surface area contributed by atoms with Crippen LogP contribution in [0.1, 0.15) is 44.3 Å². The number of hydrogen-bond acceptors (Lipinski definition) is 4. The van der Waals surface area contributed by atoms with Crippen molar-refractivity contribution in [2.45, 2.75) is 45.4 Å². The maximum absolute atomic E-state index is 12.6. The zero-order chi connectivity index (χ0) is 15.5. The molecule has 0 spiro atoms. The number of aromatic nitrogens is 1. The summed E-state index contributed by atoms with van der Waals surface area (Å²) in [5, 5.41) is 6.44. The Morgan fingerprint density at radius 2 is 2.05 bits per heavy atom. The number of aryl methyl sites for hydroxylation is 1. The zero-order valence-corrected chi connectivity index (χ0v) is 13.0. The lowest BCUT2D eigenvalue weighted by molar-refractivity contribution is -0.138. The van der Waals surface area contributed by atoms with Gasteiger partial charge < -0.3 is 14.7 Å². The first-order chi connectivity index (χ1) is 10.6. The normalized spacial score (nSPS) is 18.4. The van der Waals surface area contributed by atoms with Gasteiger partial charge in [0.2, 0.25) is 11.8 Å². The Kier molecular flexibility index (Phi) is 4.45. The molecule has 0 bridgehead atoms. The van der Waals surface area contributed by atoms with E-state index in [4.69, 9.17) is 4.52 Å². The van der Waals surface area contributed by atoms with Crippen molar-refractivity contribution in [2.24, 2.45) is 11.8 Å². The van der Waals surface area contributed by atoms with E-state index in [2.05, 4.69) is 10.5 Å². The molecule has 0 saturated heterocycles. The van der Waals surface area contributed by atoms with Crippen molar-refractivity contribution < 1.29 is 14.1 Å². The molecule has 1 aromatic rings. The van der Waals surface area contributed by atoms with Crippen LogP contribution >= 0.6 is 0 Å². The maximum Gasteiger partial charge on any atom is 0.245 e. The number of rotatable bonds is 6. The first kappa shape index (κ1) is 15.1. The number of nitrogens with zero attached hydrogens (tertiary/aromatic N) is 2. The summed E-state index contributed by atoms with van der Waals surface area (Å²) in [7, 11) is 0. The molecule has 6 nitrogen and oxygen atoms in total.